The fourth-order valence-electron chi connectivity index (χ4n) is 8.29. The lowest BCUT2D eigenvalue weighted by Crippen LogP contribution is -2.57. The van der Waals surface area contributed by atoms with Crippen molar-refractivity contribution in [3.63, 3.8) is 0 Å². The van der Waals surface area contributed by atoms with Crippen molar-refractivity contribution in [3.05, 3.63) is 0 Å². The lowest BCUT2D eigenvalue weighted by atomic mass is 9.66. The van der Waals surface area contributed by atoms with Gasteiger partial charge in [-0.1, -0.05) is 99.3 Å². The third-order valence-electron chi connectivity index (χ3n) is 11.2. The van der Waals surface area contributed by atoms with Gasteiger partial charge in [-0.15, -0.1) is 0 Å². The van der Waals surface area contributed by atoms with Crippen molar-refractivity contribution < 1.29 is 0 Å². The first kappa shape index (κ1) is 30.5. The maximum atomic E-state index is 4.22. The van der Waals surface area contributed by atoms with Crippen molar-refractivity contribution in [3.8, 4) is 0 Å². The van der Waals surface area contributed by atoms with Crippen LogP contribution in [0, 0.1) is 22.7 Å². The number of unbranched alkanes of at least 4 members (excludes halogenated alkanes) is 4. The molecule has 0 aromatic rings. The Morgan fingerprint density at radius 2 is 0.972 bits per heavy atom. The lowest BCUT2D eigenvalue weighted by molar-refractivity contribution is -0.0218. The van der Waals surface area contributed by atoms with Crippen LogP contribution in [0.4, 0.5) is 0 Å². The van der Waals surface area contributed by atoms with Crippen molar-refractivity contribution >= 4 is 0 Å². The molecule has 0 heterocycles. The molecule has 0 atom stereocenters. The van der Waals surface area contributed by atoms with Gasteiger partial charge in [0.2, 0.25) is 0 Å². The van der Waals surface area contributed by atoms with Crippen LogP contribution in [0.15, 0.2) is 0 Å². The van der Waals surface area contributed by atoms with Gasteiger partial charge in [0, 0.05) is 18.1 Å². The summed E-state index contributed by atoms with van der Waals surface area (Å²) in [5, 5.41) is 2.90. The molecule has 0 spiro atoms. The summed E-state index contributed by atoms with van der Waals surface area (Å²) in [7, 11) is 0. The summed E-state index contributed by atoms with van der Waals surface area (Å²) >= 11 is 0. The number of hydrazine groups is 1. The molecule has 2 nitrogen and oxygen atoms in total. The molecular formula is C34H66N2. The topological polar surface area (TPSA) is 15.3 Å². The maximum Gasteiger partial charge on any atom is 0.0247 e. The number of hydrogen-bond acceptors (Lipinski definition) is 2. The minimum absolute atomic E-state index is 0.531. The van der Waals surface area contributed by atoms with E-state index in [2.05, 4.69) is 52.0 Å². The summed E-state index contributed by atoms with van der Waals surface area (Å²) in [6, 6.07) is 2.28. The zero-order valence-electron chi connectivity index (χ0n) is 25.7. The summed E-state index contributed by atoms with van der Waals surface area (Å²) < 4.78 is 0. The van der Waals surface area contributed by atoms with Crippen molar-refractivity contribution in [1.82, 2.24) is 10.4 Å². The Morgan fingerprint density at radius 1 is 0.556 bits per heavy atom. The van der Waals surface area contributed by atoms with Crippen LogP contribution < -0.4 is 5.43 Å². The van der Waals surface area contributed by atoms with Gasteiger partial charge in [0.25, 0.3) is 0 Å². The van der Waals surface area contributed by atoms with Gasteiger partial charge in [-0.3, -0.25) is 5.43 Å². The molecule has 3 aliphatic rings. The van der Waals surface area contributed by atoms with Crippen LogP contribution in [0.1, 0.15) is 176 Å². The molecule has 0 aromatic heterocycles. The van der Waals surface area contributed by atoms with Crippen molar-refractivity contribution in [2.24, 2.45) is 22.7 Å². The molecule has 3 fully saturated rings. The van der Waals surface area contributed by atoms with Gasteiger partial charge in [0.15, 0.2) is 0 Å². The molecule has 1 N–H and O–H groups in total. The first-order valence-electron chi connectivity index (χ1n) is 16.8. The molecule has 0 aliphatic heterocycles. The Balaban J connectivity index is 1.57. The third-order valence-corrected chi connectivity index (χ3v) is 11.2. The van der Waals surface area contributed by atoms with E-state index in [1.54, 1.807) is 0 Å². The Kier molecular flexibility index (Phi) is 12.6. The summed E-state index contributed by atoms with van der Waals surface area (Å²) in [5.74, 6) is 1.86. The zero-order chi connectivity index (χ0) is 26.0. The quantitative estimate of drug-likeness (QED) is 0.188. The van der Waals surface area contributed by atoms with E-state index in [0.717, 1.165) is 30.0 Å². The summed E-state index contributed by atoms with van der Waals surface area (Å²) in [6.07, 6.45) is 29.8. The molecule has 0 saturated heterocycles. The Morgan fingerprint density at radius 3 is 1.36 bits per heavy atom. The monoisotopic (exact) mass is 503 g/mol. The van der Waals surface area contributed by atoms with Crippen LogP contribution in [-0.4, -0.2) is 23.1 Å². The SMILES string of the molecule is CCCCCC(C)(C)C1CCC(N(NC2CCCCC2)C2CCC(C(C)(C)CCCCC)CC2)CC1. The van der Waals surface area contributed by atoms with E-state index in [4.69, 9.17) is 0 Å². The molecule has 2 heteroatoms. The number of rotatable bonds is 14. The molecule has 3 saturated carbocycles. The smallest absolute Gasteiger partial charge is 0.0247 e. The standard InChI is InChI=1S/C34H66N2/c1-7-9-14-26-33(3,4)28-18-22-31(23-19-28)36(35-30-16-12-11-13-17-30)32-24-20-29(21-25-32)34(5,6)27-15-10-8-2/h28-32,35H,7-27H2,1-6H3. The molecule has 0 radical (unpaired) electrons. The van der Waals surface area contributed by atoms with Gasteiger partial charge in [0.05, 0.1) is 0 Å². The van der Waals surface area contributed by atoms with E-state index >= 15 is 0 Å². The second kappa shape index (κ2) is 14.9. The first-order valence-corrected chi connectivity index (χ1v) is 16.8. The van der Waals surface area contributed by atoms with Gasteiger partial charge in [-0.2, -0.15) is 0 Å². The van der Waals surface area contributed by atoms with Gasteiger partial charge in [0.1, 0.15) is 0 Å². The van der Waals surface area contributed by atoms with Gasteiger partial charge in [-0.05, 0) is 99.7 Å². The molecule has 3 rings (SSSR count). The molecule has 36 heavy (non-hydrogen) atoms. The van der Waals surface area contributed by atoms with E-state index in [0.29, 0.717) is 10.8 Å². The van der Waals surface area contributed by atoms with E-state index in [-0.39, 0.29) is 0 Å². The Bertz CT molecular complexity index is 532. The molecular weight excluding hydrogens is 436 g/mol. The average molecular weight is 503 g/mol. The molecule has 0 unspecified atom stereocenters. The van der Waals surface area contributed by atoms with Crippen molar-refractivity contribution in [2.45, 2.75) is 195 Å². The average Bonchev–Trinajstić information content (AvgIpc) is 2.88. The van der Waals surface area contributed by atoms with Gasteiger partial charge in [-0.25, -0.2) is 5.01 Å². The summed E-state index contributed by atoms with van der Waals surface area (Å²) in [4.78, 5) is 0. The van der Waals surface area contributed by atoms with Crippen LogP contribution in [0.2, 0.25) is 0 Å². The minimum atomic E-state index is 0.531. The Hall–Kier alpha value is -0.0800. The maximum absolute atomic E-state index is 4.22. The predicted molar refractivity (Wildman–Crippen MR) is 159 cm³/mol. The highest BCUT2D eigenvalue weighted by Gasteiger charge is 2.39. The normalized spacial score (nSPS) is 29.1. The van der Waals surface area contributed by atoms with Gasteiger partial charge < -0.3 is 0 Å². The minimum Gasteiger partial charge on any atom is -0.252 e. The number of nitrogens with zero attached hydrogens (tertiary/aromatic N) is 1. The van der Waals surface area contributed by atoms with E-state index in [1.807, 2.05) is 0 Å². The van der Waals surface area contributed by atoms with E-state index in [9.17, 15) is 0 Å². The van der Waals surface area contributed by atoms with E-state index < -0.39 is 0 Å². The molecule has 0 bridgehead atoms. The highest BCUT2D eigenvalue weighted by atomic mass is 15.5. The van der Waals surface area contributed by atoms with E-state index in [1.165, 1.54) is 135 Å². The fraction of sp³-hybridized carbons (Fsp3) is 1.00. The summed E-state index contributed by atoms with van der Waals surface area (Å²) in [5.41, 5.74) is 5.28. The van der Waals surface area contributed by atoms with Crippen LogP contribution in [0.5, 0.6) is 0 Å². The molecule has 0 aromatic carbocycles. The van der Waals surface area contributed by atoms with Crippen molar-refractivity contribution in [1.29, 1.82) is 0 Å². The molecule has 0 amide bonds. The van der Waals surface area contributed by atoms with Crippen LogP contribution in [-0.2, 0) is 0 Å². The van der Waals surface area contributed by atoms with Crippen LogP contribution in [0.25, 0.3) is 0 Å². The van der Waals surface area contributed by atoms with Crippen molar-refractivity contribution in [2.75, 3.05) is 0 Å². The second-order valence-electron chi connectivity index (χ2n) is 14.8. The number of nitrogens with one attached hydrogen (secondary N) is 1. The lowest BCUT2D eigenvalue weighted by Gasteiger charge is -2.49. The Labute approximate surface area is 227 Å². The van der Waals surface area contributed by atoms with Crippen LogP contribution in [0.3, 0.4) is 0 Å². The highest BCUT2D eigenvalue weighted by molar-refractivity contribution is 4.92. The summed E-state index contributed by atoms with van der Waals surface area (Å²) in [6.45, 7) is 15.0. The second-order valence-corrected chi connectivity index (χ2v) is 14.8. The van der Waals surface area contributed by atoms with Crippen LogP contribution >= 0.6 is 0 Å². The molecule has 3 aliphatic carbocycles. The first-order chi connectivity index (χ1) is 17.3. The molecule has 212 valence electrons. The number of hydrogen-bond donors (Lipinski definition) is 1. The van der Waals surface area contributed by atoms with Gasteiger partial charge >= 0.3 is 0 Å². The largest absolute Gasteiger partial charge is 0.252 e. The zero-order valence-corrected chi connectivity index (χ0v) is 25.7. The third kappa shape index (κ3) is 9.00. The fourth-order valence-corrected chi connectivity index (χ4v) is 8.29. The predicted octanol–water partition coefficient (Wildman–Crippen LogP) is 10.5. The highest BCUT2D eigenvalue weighted by Crippen LogP contribution is 2.45.